The Morgan fingerprint density at radius 3 is 2.70 bits per heavy atom. The van der Waals surface area contributed by atoms with Gasteiger partial charge in [0.15, 0.2) is 0 Å². The summed E-state index contributed by atoms with van der Waals surface area (Å²) in [7, 11) is 2.14. The summed E-state index contributed by atoms with van der Waals surface area (Å²) < 4.78 is 0. The lowest BCUT2D eigenvalue weighted by Crippen LogP contribution is -2.35. The maximum atomic E-state index is 6.14. The molecule has 0 N–H and O–H groups in total. The summed E-state index contributed by atoms with van der Waals surface area (Å²) in [4.78, 5) is 7.29. The molecule has 0 bridgehead atoms. The van der Waals surface area contributed by atoms with E-state index in [2.05, 4.69) is 36.2 Å². The van der Waals surface area contributed by atoms with Crippen molar-refractivity contribution in [2.45, 2.75) is 38.1 Å². The van der Waals surface area contributed by atoms with Crippen LogP contribution in [0.1, 0.15) is 37.7 Å². The molecule has 2 aliphatic rings. The summed E-state index contributed by atoms with van der Waals surface area (Å²) in [5.74, 6) is 1.28. The van der Waals surface area contributed by atoms with E-state index in [1.807, 2.05) is 0 Å². The van der Waals surface area contributed by atoms with E-state index in [-0.39, 0.29) is 0 Å². The molecule has 0 radical (unpaired) electrons. The zero-order chi connectivity index (χ0) is 13.9. The minimum absolute atomic E-state index is 0.305. The van der Waals surface area contributed by atoms with Crippen molar-refractivity contribution in [2.24, 2.45) is 10.9 Å². The van der Waals surface area contributed by atoms with E-state index in [0.717, 1.165) is 6.54 Å². The fourth-order valence-corrected chi connectivity index (χ4v) is 3.79. The van der Waals surface area contributed by atoms with Gasteiger partial charge in [0.25, 0.3) is 0 Å². The fourth-order valence-electron chi connectivity index (χ4n) is 3.48. The monoisotopic (exact) mass is 290 g/mol. The zero-order valence-corrected chi connectivity index (χ0v) is 12.9. The standard InChI is InChI=1S/C17H23ClN2/c1-20-14(11-18)12-19-17(13-7-3-2-4-8-13)15-9-5-6-10-16(15)20/h5-6,9-10,13-14H,2-4,7-8,11-12H2,1H3. The van der Waals surface area contributed by atoms with Crippen molar-refractivity contribution in [3.8, 4) is 0 Å². The number of fused-ring (bicyclic) bond motifs is 1. The van der Waals surface area contributed by atoms with Gasteiger partial charge in [-0.3, -0.25) is 4.99 Å². The molecule has 1 aromatic rings. The van der Waals surface area contributed by atoms with Gasteiger partial charge in [0, 0.05) is 35.8 Å². The van der Waals surface area contributed by atoms with E-state index in [9.17, 15) is 0 Å². The molecule has 1 aliphatic carbocycles. The first-order valence-electron chi connectivity index (χ1n) is 7.74. The Balaban J connectivity index is 2.00. The van der Waals surface area contributed by atoms with E-state index < -0.39 is 0 Å². The molecule has 0 aromatic heterocycles. The van der Waals surface area contributed by atoms with Crippen LogP contribution in [0.4, 0.5) is 5.69 Å². The van der Waals surface area contributed by atoms with Gasteiger partial charge in [0.2, 0.25) is 0 Å². The highest BCUT2D eigenvalue weighted by Crippen LogP contribution is 2.33. The first-order valence-corrected chi connectivity index (χ1v) is 8.27. The highest BCUT2D eigenvalue weighted by Gasteiger charge is 2.27. The van der Waals surface area contributed by atoms with E-state index in [1.54, 1.807) is 0 Å². The van der Waals surface area contributed by atoms with E-state index >= 15 is 0 Å². The van der Waals surface area contributed by atoms with E-state index in [1.165, 1.54) is 49.1 Å². The van der Waals surface area contributed by atoms with Gasteiger partial charge in [-0.1, -0.05) is 37.5 Å². The van der Waals surface area contributed by atoms with Gasteiger partial charge in [-0.25, -0.2) is 0 Å². The number of hydrogen-bond donors (Lipinski definition) is 0. The molecule has 3 heteroatoms. The minimum Gasteiger partial charge on any atom is -0.368 e. The Morgan fingerprint density at radius 2 is 1.95 bits per heavy atom. The van der Waals surface area contributed by atoms with Gasteiger partial charge in [-0.15, -0.1) is 11.6 Å². The Hall–Kier alpha value is -1.02. The van der Waals surface area contributed by atoms with Crippen LogP contribution in [0.5, 0.6) is 0 Å². The number of anilines is 1. The van der Waals surface area contributed by atoms with Crippen molar-refractivity contribution in [3.05, 3.63) is 29.8 Å². The molecular weight excluding hydrogens is 268 g/mol. The van der Waals surface area contributed by atoms with Crippen LogP contribution in [0.25, 0.3) is 0 Å². The molecule has 1 heterocycles. The number of benzene rings is 1. The van der Waals surface area contributed by atoms with Crippen molar-refractivity contribution in [1.82, 2.24) is 0 Å². The van der Waals surface area contributed by atoms with Crippen LogP contribution in [0.15, 0.2) is 29.3 Å². The van der Waals surface area contributed by atoms with Crippen molar-refractivity contribution >= 4 is 23.0 Å². The lowest BCUT2D eigenvalue weighted by Gasteiger charge is -2.28. The third-order valence-corrected chi connectivity index (χ3v) is 5.11. The highest BCUT2D eigenvalue weighted by molar-refractivity contribution is 6.18. The number of likely N-dealkylation sites (N-methyl/N-ethyl adjacent to an activating group) is 1. The second-order valence-corrected chi connectivity index (χ2v) is 6.31. The maximum absolute atomic E-state index is 6.14. The molecule has 108 valence electrons. The molecule has 0 amide bonds. The van der Waals surface area contributed by atoms with Crippen LogP contribution in [0.2, 0.25) is 0 Å². The molecule has 3 rings (SSSR count). The Morgan fingerprint density at radius 1 is 1.20 bits per heavy atom. The minimum atomic E-state index is 0.305. The Kier molecular flexibility index (Phi) is 4.30. The summed E-state index contributed by atoms with van der Waals surface area (Å²) in [6.07, 6.45) is 6.67. The number of halogens is 1. The van der Waals surface area contributed by atoms with E-state index in [0.29, 0.717) is 17.8 Å². The average molecular weight is 291 g/mol. The second-order valence-electron chi connectivity index (χ2n) is 6.00. The third-order valence-electron chi connectivity index (χ3n) is 4.75. The molecule has 20 heavy (non-hydrogen) atoms. The van der Waals surface area contributed by atoms with Gasteiger partial charge in [0.05, 0.1) is 12.6 Å². The van der Waals surface area contributed by atoms with Gasteiger partial charge < -0.3 is 4.90 Å². The number of para-hydroxylation sites is 1. The molecule has 1 saturated carbocycles. The Labute approximate surface area is 126 Å². The molecule has 1 fully saturated rings. The highest BCUT2D eigenvalue weighted by atomic mass is 35.5. The normalized spacial score (nSPS) is 24.0. The summed E-state index contributed by atoms with van der Waals surface area (Å²) in [5, 5.41) is 0. The predicted molar refractivity (Wildman–Crippen MR) is 87.3 cm³/mol. The number of nitrogens with zero attached hydrogens (tertiary/aromatic N) is 2. The average Bonchev–Trinajstić information content (AvgIpc) is 2.65. The third kappa shape index (κ3) is 2.58. The maximum Gasteiger partial charge on any atom is 0.0617 e. The summed E-state index contributed by atoms with van der Waals surface area (Å²) >= 11 is 6.14. The first kappa shape index (κ1) is 13.9. The second kappa shape index (κ2) is 6.17. The summed E-state index contributed by atoms with van der Waals surface area (Å²) in [5.41, 5.74) is 3.95. The lowest BCUT2D eigenvalue weighted by atomic mass is 9.83. The molecule has 1 aliphatic heterocycles. The molecule has 1 aromatic carbocycles. The molecule has 0 saturated heterocycles. The first-order chi connectivity index (χ1) is 9.81. The van der Waals surface area contributed by atoms with Crippen LogP contribution in [0, 0.1) is 5.92 Å². The molecule has 1 unspecified atom stereocenters. The van der Waals surface area contributed by atoms with Crippen molar-refractivity contribution in [2.75, 3.05) is 24.4 Å². The quantitative estimate of drug-likeness (QED) is 0.748. The number of alkyl halides is 1. The smallest absolute Gasteiger partial charge is 0.0617 e. The molecule has 2 nitrogen and oxygen atoms in total. The number of aliphatic imine (C=N–C) groups is 1. The van der Waals surface area contributed by atoms with Crippen molar-refractivity contribution in [3.63, 3.8) is 0 Å². The predicted octanol–water partition coefficient (Wildman–Crippen LogP) is 4.11. The van der Waals surface area contributed by atoms with E-state index in [4.69, 9.17) is 16.6 Å². The number of rotatable bonds is 2. The van der Waals surface area contributed by atoms with Gasteiger partial charge in [-0.2, -0.15) is 0 Å². The molecular formula is C17H23ClN2. The lowest BCUT2D eigenvalue weighted by molar-refractivity contribution is 0.439. The van der Waals surface area contributed by atoms with Crippen LogP contribution < -0.4 is 4.90 Å². The largest absolute Gasteiger partial charge is 0.368 e. The van der Waals surface area contributed by atoms with Crippen LogP contribution in [-0.2, 0) is 0 Å². The van der Waals surface area contributed by atoms with Crippen LogP contribution in [0.3, 0.4) is 0 Å². The van der Waals surface area contributed by atoms with Crippen molar-refractivity contribution < 1.29 is 0 Å². The number of benzodiazepines with no additional fused rings is 1. The molecule has 0 spiro atoms. The summed E-state index contributed by atoms with van der Waals surface area (Å²) in [6, 6.07) is 8.99. The fraction of sp³-hybridized carbons (Fsp3) is 0.588. The van der Waals surface area contributed by atoms with Gasteiger partial charge in [-0.05, 0) is 18.9 Å². The van der Waals surface area contributed by atoms with Crippen LogP contribution in [-0.4, -0.2) is 31.2 Å². The van der Waals surface area contributed by atoms with Gasteiger partial charge in [0.1, 0.15) is 0 Å². The topological polar surface area (TPSA) is 15.6 Å². The number of hydrogen-bond acceptors (Lipinski definition) is 2. The Bertz CT molecular complexity index is 492. The van der Waals surface area contributed by atoms with Gasteiger partial charge >= 0.3 is 0 Å². The summed E-state index contributed by atoms with van der Waals surface area (Å²) in [6.45, 7) is 0.820. The molecule has 1 atom stereocenters. The zero-order valence-electron chi connectivity index (χ0n) is 12.2. The van der Waals surface area contributed by atoms with Crippen molar-refractivity contribution in [1.29, 1.82) is 0 Å². The van der Waals surface area contributed by atoms with Crippen LogP contribution >= 0.6 is 11.6 Å². The SMILES string of the molecule is CN1c2ccccc2C(C2CCCCC2)=NCC1CCl.